The summed E-state index contributed by atoms with van der Waals surface area (Å²) in [4.78, 5) is 41.6. The number of oxime groups is 1. The average molecular weight is 415 g/mol. The van der Waals surface area contributed by atoms with Crippen LogP contribution in [0.1, 0.15) is 49.5 Å². The minimum atomic E-state index is -0.521. The second kappa shape index (κ2) is 10.0. The molecule has 0 aliphatic carbocycles. The van der Waals surface area contributed by atoms with E-state index < -0.39 is 11.4 Å². The van der Waals surface area contributed by atoms with Crippen LogP contribution in [0.3, 0.4) is 0 Å². The van der Waals surface area contributed by atoms with Crippen LogP contribution in [0, 0.1) is 5.41 Å². The molecular formula is C22H29N3O5. The van der Waals surface area contributed by atoms with Gasteiger partial charge < -0.3 is 20.2 Å². The largest absolute Gasteiger partial charge is 0.462 e. The van der Waals surface area contributed by atoms with E-state index in [0.717, 1.165) is 5.71 Å². The maximum atomic E-state index is 12.9. The zero-order valence-electron chi connectivity index (χ0n) is 18.0. The van der Waals surface area contributed by atoms with E-state index in [1.54, 1.807) is 18.2 Å². The quantitative estimate of drug-likeness (QED) is 0.439. The topological polar surface area (TPSA) is 106 Å². The molecule has 8 nitrogen and oxygen atoms in total. The Bertz CT molecular complexity index is 874. The highest BCUT2D eigenvalue weighted by Gasteiger charge is 2.28. The molecule has 1 aromatic rings. The van der Waals surface area contributed by atoms with Gasteiger partial charge in [-0.1, -0.05) is 25.6 Å². The van der Waals surface area contributed by atoms with Crippen molar-refractivity contribution in [3.05, 3.63) is 41.5 Å². The van der Waals surface area contributed by atoms with Gasteiger partial charge in [0.15, 0.2) is 0 Å². The summed E-state index contributed by atoms with van der Waals surface area (Å²) < 4.78 is 5.33. The molecule has 2 amide bonds. The number of benzene rings is 1. The molecule has 2 rings (SSSR count). The zero-order valence-corrected chi connectivity index (χ0v) is 18.0. The fraction of sp³-hybridized carbons (Fsp3) is 0.455. The molecule has 8 heteroatoms. The lowest BCUT2D eigenvalue weighted by Crippen LogP contribution is -2.39. The summed E-state index contributed by atoms with van der Waals surface area (Å²) >= 11 is 0. The van der Waals surface area contributed by atoms with Crippen LogP contribution in [0.15, 0.2) is 35.5 Å². The molecule has 1 aliphatic rings. The van der Waals surface area contributed by atoms with Crippen molar-refractivity contribution in [2.24, 2.45) is 10.6 Å². The normalized spacial score (nSPS) is 19.2. The lowest BCUT2D eigenvalue weighted by molar-refractivity contribution is -0.139. The van der Waals surface area contributed by atoms with Gasteiger partial charge in [-0.25, -0.2) is 4.79 Å². The molecule has 0 fully saturated rings. The van der Waals surface area contributed by atoms with Crippen molar-refractivity contribution in [1.82, 2.24) is 5.32 Å². The number of ether oxygens (including phenoxy) is 1. The van der Waals surface area contributed by atoms with Crippen LogP contribution in [-0.2, 0) is 25.6 Å². The molecule has 1 aromatic carbocycles. The number of cyclic esters (lactones) is 1. The molecule has 30 heavy (non-hydrogen) atoms. The van der Waals surface area contributed by atoms with E-state index in [1.807, 2.05) is 13.8 Å². The number of rotatable bonds is 2. The monoisotopic (exact) mass is 415 g/mol. The molecular weight excluding hydrogens is 386 g/mol. The molecule has 0 unspecified atom stereocenters. The van der Waals surface area contributed by atoms with Crippen molar-refractivity contribution in [2.45, 2.75) is 40.0 Å². The highest BCUT2D eigenvalue weighted by molar-refractivity contribution is 5.99. The van der Waals surface area contributed by atoms with Crippen molar-refractivity contribution in [2.75, 3.05) is 25.6 Å². The van der Waals surface area contributed by atoms with Crippen molar-refractivity contribution in [3.8, 4) is 0 Å². The van der Waals surface area contributed by atoms with Crippen molar-refractivity contribution < 1.29 is 24.0 Å². The number of esters is 1. The molecule has 0 atom stereocenters. The molecule has 2 N–H and O–H groups in total. The number of hydrogen-bond donors (Lipinski definition) is 2. The first-order valence-corrected chi connectivity index (χ1v) is 9.78. The molecule has 0 radical (unpaired) electrons. The van der Waals surface area contributed by atoms with E-state index in [1.165, 1.54) is 14.0 Å². The lowest BCUT2D eigenvalue weighted by Gasteiger charge is -2.27. The maximum absolute atomic E-state index is 12.9. The summed E-state index contributed by atoms with van der Waals surface area (Å²) in [5.74, 6) is -1.04. The fourth-order valence-electron chi connectivity index (χ4n) is 3.17. The lowest BCUT2D eigenvalue weighted by atomic mass is 9.84. The minimum absolute atomic E-state index is 0.134. The summed E-state index contributed by atoms with van der Waals surface area (Å²) in [6, 6.07) is 4.94. The number of hydrogen-bond acceptors (Lipinski definition) is 6. The van der Waals surface area contributed by atoms with Crippen molar-refractivity contribution in [3.63, 3.8) is 0 Å². The molecule has 0 aromatic heterocycles. The van der Waals surface area contributed by atoms with Crippen LogP contribution >= 0.6 is 0 Å². The van der Waals surface area contributed by atoms with Crippen LogP contribution in [0.25, 0.3) is 0 Å². The number of carbonyl (C=O) groups excluding carboxylic acids is 3. The predicted octanol–water partition coefficient (Wildman–Crippen LogP) is 2.84. The Kier molecular flexibility index (Phi) is 7.74. The molecule has 1 heterocycles. The summed E-state index contributed by atoms with van der Waals surface area (Å²) in [5, 5.41) is 9.75. The summed E-state index contributed by atoms with van der Waals surface area (Å²) in [6.45, 7) is 9.71. The van der Waals surface area contributed by atoms with E-state index in [2.05, 4.69) is 22.4 Å². The first-order chi connectivity index (χ1) is 14.1. The minimum Gasteiger partial charge on any atom is -0.462 e. The van der Waals surface area contributed by atoms with Gasteiger partial charge in [-0.2, -0.15) is 0 Å². The van der Waals surface area contributed by atoms with Crippen molar-refractivity contribution in [1.29, 1.82) is 0 Å². The third-order valence-electron chi connectivity index (χ3n) is 4.83. The Morgan fingerprint density at radius 2 is 2.07 bits per heavy atom. The third kappa shape index (κ3) is 6.17. The third-order valence-corrected chi connectivity index (χ3v) is 4.83. The molecule has 0 saturated carbocycles. The van der Waals surface area contributed by atoms with Gasteiger partial charge in [0.1, 0.15) is 7.11 Å². The van der Waals surface area contributed by atoms with Crippen LogP contribution in [0.5, 0.6) is 0 Å². The molecule has 0 spiro atoms. The Balaban J connectivity index is 2.41. The van der Waals surface area contributed by atoms with Crippen LogP contribution in [-0.4, -0.2) is 43.8 Å². The predicted molar refractivity (Wildman–Crippen MR) is 114 cm³/mol. The van der Waals surface area contributed by atoms with Gasteiger partial charge in [0.25, 0.3) is 5.91 Å². The van der Waals surface area contributed by atoms with Gasteiger partial charge in [-0.05, 0) is 36.6 Å². The molecule has 1 aliphatic heterocycles. The van der Waals surface area contributed by atoms with Gasteiger partial charge in [-0.15, -0.1) is 0 Å². The highest BCUT2D eigenvalue weighted by atomic mass is 16.6. The number of fused-ring (bicyclic) bond motifs is 1. The number of amides is 2. The van der Waals surface area contributed by atoms with Crippen molar-refractivity contribution >= 4 is 29.2 Å². The van der Waals surface area contributed by atoms with Crippen LogP contribution in [0.2, 0.25) is 0 Å². The number of anilines is 1. The zero-order chi connectivity index (χ0) is 22.3. The Morgan fingerprint density at radius 3 is 2.73 bits per heavy atom. The van der Waals surface area contributed by atoms with Gasteiger partial charge in [0, 0.05) is 42.1 Å². The first-order valence-electron chi connectivity index (χ1n) is 9.78. The molecule has 0 bridgehead atoms. The van der Waals surface area contributed by atoms with E-state index in [-0.39, 0.29) is 30.4 Å². The second-order valence-corrected chi connectivity index (χ2v) is 7.86. The smallest absolute Gasteiger partial charge is 0.333 e. The van der Waals surface area contributed by atoms with E-state index in [0.29, 0.717) is 36.2 Å². The molecule has 0 saturated heterocycles. The summed E-state index contributed by atoms with van der Waals surface area (Å²) in [7, 11) is 1.47. The van der Waals surface area contributed by atoms with E-state index >= 15 is 0 Å². The SMILES string of the molecule is C=C1Cc2cc(NC(C)=O)ccc2C(=O)NCC(C)(C)/C(=N/OC)CCCOC1=O. The van der Waals surface area contributed by atoms with Gasteiger partial charge in [-0.3, -0.25) is 9.59 Å². The summed E-state index contributed by atoms with van der Waals surface area (Å²) in [5.41, 5.74) is 2.04. The Labute approximate surface area is 176 Å². The number of nitrogens with one attached hydrogen (secondary N) is 2. The van der Waals surface area contributed by atoms with Crippen LogP contribution in [0.4, 0.5) is 5.69 Å². The second-order valence-electron chi connectivity index (χ2n) is 7.86. The van der Waals surface area contributed by atoms with E-state index in [9.17, 15) is 14.4 Å². The van der Waals surface area contributed by atoms with Gasteiger partial charge in [0.05, 0.1) is 12.3 Å². The van der Waals surface area contributed by atoms with Crippen LogP contribution < -0.4 is 10.6 Å². The highest BCUT2D eigenvalue weighted by Crippen LogP contribution is 2.23. The Morgan fingerprint density at radius 1 is 1.33 bits per heavy atom. The van der Waals surface area contributed by atoms with Gasteiger partial charge in [0.2, 0.25) is 5.91 Å². The Hall–Kier alpha value is -3.16. The number of carbonyl (C=O) groups is 3. The maximum Gasteiger partial charge on any atom is 0.333 e. The fourth-order valence-corrected chi connectivity index (χ4v) is 3.17. The first kappa shape index (κ1) is 23.1. The standard InChI is InChI=1S/C22H29N3O5/c1-14-11-16-12-17(24-15(2)26)8-9-18(16)20(27)23-13-22(3,4)19(25-29-5)7-6-10-30-21(14)28/h8-9,12H,1,6-7,10-11,13H2,2-5H3,(H,23,27)(H,24,26)/b25-19+. The summed E-state index contributed by atoms with van der Waals surface area (Å²) in [6.07, 6.45) is 1.27. The number of nitrogens with zero attached hydrogens (tertiary/aromatic N) is 1. The molecule has 162 valence electrons. The van der Waals surface area contributed by atoms with Gasteiger partial charge >= 0.3 is 5.97 Å². The average Bonchev–Trinajstić information content (AvgIpc) is 2.67. The van der Waals surface area contributed by atoms with E-state index in [4.69, 9.17) is 9.57 Å².